The maximum absolute atomic E-state index is 13.6. The van der Waals surface area contributed by atoms with Gasteiger partial charge in [-0.1, -0.05) is 5.21 Å². The molecule has 5 atom stereocenters. The van der Waals surface area contributed by atoms with E-state index < -0.39 is 90.4 Å². The van der Waals surface area contributed by atoms with E-state index in [1.807, 2.05) is 0 Å². The average molecular weight is 846 g/mol. The summed E-state index contributed by atoms with van der Waals surface area (Å²) in [7, 11) is 0. The first kappa shape index (κ1) is 48.4. The van der Waals surface area contributed by atoms with Gasteiger partial charge in [0.2, 0.25) is 46.6 Å². The number of esters is 1. The van der Waals surface area contributed by atoms with E-state index in [-0.39, 0.29) is 58.5 Å². The molecule has 1 saturated heterocycles. The van der Waals surface area contributed by atoms with Gasteiger partial charge in [-0.2, -0.15) is 8.78 Å². The molecule has 0 spiro atoms. The van der Waals surface area contributed by atoms with Crippen molar-refractivity contribution in [2.45, 2.75) is 63.4 Å². The van der Waals surface area contributed by atoms with Crippen LogP contribution in [-0.4, -0.2) is 165 Å². The highest BCUT2D eigenvalue weighted by Crippen LogP contribution is 2.29. The summed E-state index contributed by atoms with van der Waals surface area (Å²) in [5, 5.41) is 43.1. The number of aliphatic hydroxyl groups is 3. The predicted molar refractivity (Wildman–Crippen MR) is 183 cm³/mol. The van der Waals surface area contributed by atoms with Crippen LogP contribution in [-0.2, 0) is 60.5 Å². The molecule has 1 aliphatic heterocycles. The maximum atomic E-state index is 13.6. The summed E-state index contributed by atoms with van der Waals surface area (Å²) in [6.45, 7) is 3.16. The summed E-state index contributed by atoms with van der Waals surface area (Å²) in [6.07, 6.45) is -3.44. The Labute approximate surface area is 328 Å². The van der Waals surface area contributed by atoms with Gasteiger partial charge in [0.05, 0.1) is 97.9 Å². The number of carbonyl (C=O) groups is 3. The van der Waals surface area contributed by atoms with Crippen molar-refractivity contribution < 1.29 is 89.6 Å². The molecule has 0 bridgehead atoms. The number of aromatic nitrogens is 3. The largest absolute Gasteiger partial charge is 0.420 e. The number of halogens is 5. The number of carbonyl (C=O) groups excluding carboxylic acids is 3. The number of hydrogen-bond acceptors (Lipinski definition) is 16. The Bertz CT molecular complexity index is 1550. The molecule has 5 N–H and O–H groups in total. The molecule has 0 saturated carbocycles. The van der Waals surface area contributed by atoms with Crippen LogP contribution in [0.15, 0.2) is 6.20 Å². The lowest BCUT2D eigenvalue weighted by molar-refractivity contribution is -0.269. The van der Waals surface area contributed by atoms with E-state index in [2.05, 4.69) is 25.7 Å². The number of nitrogens with one attached hydrogen (secondary N) is 2. The van der Waals surface area contributed by atoms with Crippen LogP contribution in [0.4, 0.5) is 22.0 Å². The lowest BCUT2D eigenvalue weighted by atomic mass is 9.97. The molecule has 2 heterocycles. The Kier molecular flexibility index (Phi) is 21.8. The molecule has 24 heteroatoms. The lowest BCUT2D eigenvalue weighted by Gasteiger charge is -2.42. The molecular weight excluding hydrogens is 797 g/mol. The first-order valence-corrected chi connectivity index (χ1v) is 18.1. The molecule has 1 aromatic carbocycles. The molecule has 2 amide bonds. The van der Waals surface area contributed by atoms with E-state index in [9.17, 15) is 51.7 Å². The lowest BCUT2D eigenvalue weighted by Crippen LogP contribution is -2.64. The first-order valence-electron chi connectivity index (χ1n) is 18.1. The number of hydrogen-bond donors (Lipinski definition) is 5. The third kappa shape index (κ3) is 16.3. The Morgan fingerprint density at radius 2 is 1.34 bits per heavy atom. The van der Waals surface area contributed by atoms with Crippen molar-refractivity contribution in [1.29, 1.82) is 0 Å². The standard InChI is InChI=1S/C34H48F5N5O14/c1-20(46)41-30-32(50)31(49)22(19-45)57-34(30)56-9-2-21-18-44(43-42-21)6-11-54-15-17-55-16-14-53-10-5-40-23(47)3-7-51-12-13-52-8-4-24(48)58-33-28(38)26(36)25(35)27(37)29(33)39/h18,22,30-32,34,45,49-50H,2-17,19H2,1H3,(H,40,47)(H,41,46)/t22-,30-,31+,32-,34-/m1/s1. The highest BCUT2D eigenvalue weighted by atomic mass is 19.2. The fourth-order valence-electron chi connectivity index (χ4n) is 4.99. The Hall–Kier alpha value is -3.98. The first-order chi connectivity index (χ1) is 27.8. The second-order valence-electron chi connectivity index (χ2n) is 12.3. The SMILES string of the molecule is CC(=O)N[C@H]1[C@H](OCCc2cn(CCOCCOCCOCCNC(=O)CCOCCOCCC(=O)Oc3c(F)c(F)c(F)c(F)c3F)nn2)O[C@H](CO)[C@H](O)[C@@H]1O. The van der Waals surface area contributed by atoms with Gasteiger partial charge in [0.15, 0.2) is 6.29 Å². The Balaban J connectivity index is 1.09. The van der Waals surface area contributed by atoms with E-state index >= 15 is 0 Å². The molecule has 3 rings (SSSR count). The molecule has 58 heavy (non-hydrogen) atoms. The van der Waals surface area contributed by atoms with Crippen molar-refractivity contribution in [3.05, 3.63) is 41.0 Å². The van der Waals surface area contributed by atoms with Gasteiger partial charge in [-0.25, -0.2) is 17.9 Å². The fourth-order valence-corrected chi connectivity index (χ4v) is 4.99. The minimum absolute atomic E-state index is 0.0133. The van der Waals surface area contributed by atoms with Gasteiger partial charge >= 0.3 is 5.97 Å². The number of rotatable bonds is 28. The second kappa shape index (κ2) is 26.2. The van der Waals surface area contributed by atoms with Gasteiger partial charge < -0.3 is 63.8 Å². The van der Waals surface area contributed by atoms with E-state index in [0.29, 0.717) is 51.7 Å². The van der Waals surface area contributed by atoms with Crippen molar-refractivity contribution >= 4 is 17.8 Å². The van der Waals surface area contributed by atoms with Crippen molar-refractivity contribution in [3.8, 4) is 5.75 Å². The Morgan fingerprint density at radius 1 is 0.776 bits per heavy atom. The minimum atomic E-state index is -2.37. The van der Waals surface area contributed by atoms with Crippen LogP contribution < -0.4 is 15.4 Å². The molecule has 1 aliphatic rings. The van der Waals surface area contributed by atoms with Crippen LogP contribution >= 0.6 is 0 Å². The minimum Gasteiger partial charge on any atom is -0.420 e. The summed E-state index contributed by atoms with van der Waals surface area (Å²) in [5.74, 6) is -15.1. The van der Waals surface area contributed by atoms with Crippen LogP contribution in [0.3, 0.4) is 0 Å². The highest BCUT2D eigenvalue weighted by Gasteiger charge is 2.45. The number of amides is 2. The quantitative estimate of drug-likeness (QED) is 0.0174. The molecule has 19 nitrogen and oxygen atoms in total. The molecule has 1 aromatic heterocycles. The zero-order chi connectivity index (χ0) is 42.5. The second-order valence-corrected chi connectivity index (χ2v) is 12.3. The summed E-state index contributed by atoms with van der Waals surface area (Å²) in [6, 6.07) is -1.04. The zero-order valence-corrected chi connectivity index (χ0v) is 31.5. The summed E-state index contributed by atoms with van der Waals surface area (Å²) < 4.78 is 110. The molecule has 0 radical (unpaired) electrons. The van der Waals surface area contributed by atoms with Gasteiger partial charge in [-0.05, 0) is 0 Å². The van der Waals surface area contributed by atoms with Crippen LogP contribution in [0.5, 0.6) is 5.75 Å². The van der Waals surface area contributed by atoms with E-state index in [4.69, 9.17) is 33.2 Å². The molecule has 328 valence electrons. The number of ether oxygens (including phenoxy) is 8. The van der Waals surface area contributed by atoms with Gasteiger partial charge in [-0.3, -0.25) is 14.4 Å². The van der Waals surface area contributed by atoms with Gasteiger partial charge in [0.1, 0.15) is 24.4 Å². The van der Waals surface area contributed by atoms with E-state index in [0.717, 1.165) is 0 Å². The smallest absolute Gasteiger partial charge is 0.313 e. The third-order valence-corrected chi connectivity index (χ3v) is 7.94. The molecule has 1 fully saturated rings. The number of nitrogens with zero attached hydrogens (tertiary/aromatic N) is 3. The maximum Gasteiger partial charge on any atom is 0.313 e. The molecule has 0 aliphatic carbocycles. The van der Waals surface area contributed by atoms with Crippen LogP contribution in [0.1, 0.15) is 25.5 Å². The van der Waals surface area contributed by atoms with Crippen molar-refractivity contribution in [2.24, 2.45) is 0 Å². The van der Waals surface area contributed by atoms with Gasteiger partial charge in [-0.15, -0.1) is 5.10 Å². The molecule has 2 aromatic rings. The zero-order valence-electron chi connectivity index (χ0n) is 31.5. The number of benzene rings is 1. The summed E-state index contributed by atoms with van der Waals surface area (Å²) >= 11 is 0. The highest BCUT2D eigenvalue weighted by molar-refractivity contribution is 5.76. The summed E-state index contributed by atoms with van der Waals surface area (Å²) in [5.41, 5.74) is 0.609. The number of aliphatic hydroxyl groups excluding tert-OH is 3. The topological polar surface area (TPSA) is 241 Å². The van der Waals surface area contributed by atoms with Gasteiger partial charge in [0.25, 0.3) is 0 Å². The van der Waals surface area contributed by atoms with Crippen LogP contribution in [0.25, 0.3) is 0 Å². The van der Waals surface area contributed by atoms with E-state index in [1.165, 1.54) is 6.92 Å². The summed E-state index contributed by atoms with van der Waals surface area (Å²) in [4.78, 5) is 35.1. The molecule has 0 unspecified atom stereocenters. The van der Waals surface area contributed by atoms with Crippen molar-refractivity contribution in [2.75, 3.05) is 85.8 Å². The van der Waals surface area contributed by atoms with Crippen molar-refractivity contribution in [3.63, 3.8) is 0 Å². The Morgan fingerprint density at radius 3 is 1.97 bits per heavy atom. The van der Waals surface area contributed by atoms with Crippen molar-refractivity contribution in [1.82, 2.24) is 25.6 Å². The van der Waals surface area contributed by atoms with Crippen LogP contribution in [0.2, 0.25) is 0 Å². The fraction of sp³-hybridized carbons (Fsp3) is 0.676. The van der Waals surface area contributed by atoms with E-state index in [1.54, 1.807) is 10.9 Å². The predicted octanol–water partition coefficient (Wildman–Crippen LogP) is -0.939. The normalized spacial score (nSPS) is 19.3. The van der Waals surface area contributed by atoms with Crippen LogP contribution in [0, 0.1) is 29.1 Å². The van der Waals surface area contributed by atoms with Gasteiger partial charge in [0, 0.05) is 32.5 Å². The molecular formula is C34H48F5N5O14. The third-order valence-electron chi connectivity index (χ3n) is 7.94. The average Bonchev–Trinajstić information content (AvgIpc) is 3.66. The monoisotopic (exact) mass is 845 g/mol.